The largest absolute Gasteiger partial charge is 0.363 e. The van der Waals surface area contributed by atoms with Gasteiger partial charge in [-0.1, -0.05) is 19.4 Å². The average molecular weight is 319 g/mol. The standard InChI is InChI=1S/C16H21N3S2/c1-2-3-8-17-16(20)19-11-10-18-9-4-6-13(18)15(19)14-7-5-12-21-14/h4-7,9,12,15H,2-3,8,10-11H2,1H3,(H,17,20). The number of rotatable bonds is 4. The first-order chi connectivity index (χ1) is 10.3. The molecule has 0 spiro atoms. The number of thiocarbonyl (C=S) groups is 1. The number of nitrogens with zero attached hydrogens (tertiary/aromatic N) is 2. The van der Waals surface area contributed by atoms with Crippen LogP contribution in [-0.2, 0) is 6.54 Å². The molecule has 112 valence electrons. The zero-order chi connectivity index (χ0) is 14.7. The summed E-state index contributed by atoms with van der Waals surface area (Å²) >= 11 is 7.46. The van der Waals surface area contributed by atoms with Gasteiger partial charge < -0.3 is 14.8 Å². The molecule has 0 amide bonds. The topological polar surface area (TPSA) is 20.2 Å². The molecule has 2 aromatic rings. The second-order valence-electron chi connectivity index (χ2n) is 5.32. The Hall–Kier alpha value is -1.33. The quantitative estimate of drug-likeness (QED) is 0.686. The fraction of sp³-hybridized carbons (Fsp3) is 0.438. The van der Waals surface area contributed by atoms with Gasteiger partial charge in [0, 0.05) is 36.4 Å². The van der Waals surface area contributed by atoms with Gasteiger partial charge in [-0.3, -0.25) is 0 Å². The molecule has 1 atom stereocenters. The SMILES string of the molecule is CCCCNC(=S)N1CCn2cccc2C1c1cccs1. The number of nitrogens with one attached hydrogen (secondary N) is 1. The summed E-state index contributed by atoms with van der Waals surface area (Å²) < 4.78 is 2.34. The van der Waals surface area contributed by atoms with Gasteiger partial charge in [-0.15, -0.1) is 11.3 Å². The maximum absolute atomic E-state index is 5.65. The maximum atomic E-state index is 5.65. The molecule has 0 aliphatic carbocycles. The van der Waals surface area contributed by atoms with Crippen molar-refractivity contribution in [3.63, 3.8) is 0 Å². The van der Waals surface area contributed by atoms with Crippen LogP contribution in [0.2, 0.25) is 0 Å². The highest BCUT2D eigenvalue weighted by Crippen LogP contribution is 2.34. The van der Waals surface area contributed by atoms with Crippen LogP contribution in [0.1, 0.15) is 36.4 Å². The smallest absolute Gasteiger partial charge is 0.169 e. The Morgan fingerprint density at radius 2 is 2.29 bits per heavy atom. The number of unbranched alkanes of at least 4 members (excludes halogenated alkanes) is 1. The lowest BCUT2D eigenvalue weighted by atomic mass is 10.1. The van der Waals surface area contributed by atoms with Crippen LogP contribution in [0, 0.1) is 0 Å². The van der Waals surface area contributed by atoms with E-state index >= 15 is 0 Å². The minimum absolute atomic E-state index is 0.246. The maximum Gasteiger partial charge on any atom is 0.169 e. The van der Waals surface area contributed by atoms with E-state index in [2.05, 4.69) is 57.5 Å². The van der Waals surface area contributed by atoms with E-state index in [0.717, 1.165) is 31.2 Å². The summed E-state index contributed by atoms with van der Waals surface area (Å²) in [7, 11) is 0. The van der Waals surface area contributed by atoms with Gasteiger partial charge in [0.1, 0.15) is 6.04 Å². The Morgan fingerprint density at radius 1 is 1.38 bits per heavy atom. The van der Waals surface area contributed by atoms with Crippen molar-refractivity contribution in [1.29, 1.82) is 0 Å². The number of aromatic nitrogens is 1. The van der Waals surface area contributed by atoms with Crippen LogP contribution in [0.15, 0.2) is 35.8 Å². The van der Waals surface area contributed by atoms with Crippen LogP contribution in [0.25, 0.3) is 0 Å². The van der Waals surface area contributed by atoms with Crippen molar-refractivity contribution < 1.29 is 0 Å². The lowest BCUT2D eigenvalue weighted by Crippen LogP contribution is -2.47. The number of hydrogen-bond donors (Lipinski definition) is 1. The molecule has 3 heterocycles. The second-order valence-corrected chi connectivity index (χ2v) is 6.69. The van der Waals surface area contributed by atoms with E-state index in [-0.39, 0.29) is 6.04 Å². The molecule has 0 aromatic carbocycles. The van der Waals surface area contributed by atoms with Crippen molar-refractivity contribution in [2.75, 3.05) is 13.1 Å². The molecule has 1 N–H and O–H groups in total. The third-order valence-corrected chi connectivity index (χ3v) is 5.22. The summed E-state index contributed by atoms with van der Waals surface area (Å²) in [6, 6.07) is 8.92. The van der Waals surface area contributed by atoms with Crippen molar-refractivity contribution >= 4 is 28.7 Å². The highest BCUT2D eigenvalue weighted by molar-refractivity contribution is 7.80. The summed E-state index contributed by atoms with van der Waals surface area (Å²) in [6.07, 6.45) is 4.52. The highest BCUT2D eigenvalue weighted by atomic mass is 32.1. The third kappa shape index (κ3) is 2.99. The summed E-state index contributed by atoms with van der Waals surface area (Å²) in [6.45, 7) is 5.12. The molecule has 0 saturated carbocycles. The molecular weight excluding hydrogens is 298 g/mol. The van der Waals surface area contributed by atoms with E-state index in [4.69, 9.17) is 12.2 Å². The van der Waals surface area contributed by atoms with Gasteiger partial charge >= 0.3 is 0 Å². The van der Waals surface area contributed by atoms with E-state index in [1.165, 1.54) is 17.0 Å². The number of hydrogen-bond acceptors (Lipinski definition) is 2. The normalized spacial score (nSPS) is 17.6. The minimum Gasteiger partial charge on any atom is -0.363 e. The van der Waals surface area contributed by atoms with Crippen LogP contribution in [0.4, 0.5) is 0 Å². The molecule has 2 aromatic heterocycles. The van der Waals surface area contributed by atoms with Crippen LogP contribution in [-0.4, -0.2) is 27.7 Å². The first-order valence-electron chi connectivity index (χ1n) is 7.54. The zero-order valence-electron chi connectivity index (χ0n) is 12.3. The average Bonchev–Trinajstić information content (AvgIpc) is 3.17. The molecular formula is C16H21N3S2. The zero-order valence-corrected chi connectivity index (χ0v) is 13.9. The van der Waals surface area contributed by atoms with Crippen LogP contribution >= 0.6 is 23.6 Å². The molecule has 1 unspecified atom stereocenters. The first kappa shape index (κ1) is 14.6. The fourth-order valence-electron chi connectivity index (χ4n) is 2.82. The fourth-order valence-corrected chi connectivity index (χ4v) is 3.97. The summed E-state index contributed by atoms with van der Waals surface area (Å²) in [5.41, 5.74) is 1.34. The van der Waals surface area contributed by atoms with Crippen LogP contribution < -0.4 is 5.32 Å². The van der Waals surface area contributed by atoms with Gasteiger partial charge in [0.15, 0.2) is 5.11 Å². The van der Waals surface area contributed by atoms with Gasteiger partial charge in [0.05, 0.1) is 0 Å². The van der Waals surface area contributed by atoms with Crippen LogP contribution in [0.3, 0.4) is 0 Å². The predicted molar refractivity (Wildman–Crippen MR) is 92.8 cm³/mol. The molecule has 21 heavy (non-hydrogen) atoms. The lowest BCUT2D eigenvalue weighted by Gasteiger charge is -2.38. The Balaban J connectivity index is 1.84. The molecule has 5 heteroatoms. The summed E-state index contributed by atoms with van der Waals surface area (Å²) in [5, 5.41) is 6.45. The van der Waals surface area contributed by atoms with E-state index in [0.29, 0.717) is 0 Å². The lowest BCUT2D eigenvalue weighted by molar-refractivity contribution is 0.289. The highest BCUT2D eigenvalue weighted by Gasteiger charge is 2.30. The van der Waals surface area contributed by atoms with Gasteiger partial charge in [-0.2, -0.15) is 0 Å². The molecule has 0 saturated heterocycles. The monoisotopic (exact) mass is 319 g/mol. The Labute approximate surface area is 135 Å². The van der Waals surface area contributed by atoms with E-state index in [9.17, 15) is 0 Å². The van der Waals surface area contributed by atoms with Gasteiger partial charge in [0.25, 0.3) is 0 Å². The molecule has 3 rings (SSSR count). The van der Waals surface area contributed by atoms with Crippen LogP contribution in [0.5, 0.6) is 0 Å². The molecule has 0 bridgehead atoms. The number of thiophene rings is 1. The number of fused-ring (bicyclic) bond motifs is 1. The van der Waals surface area contributed by atoms with Gasteiger partial charge in [-0.05, 0) is 42.2 Å². The molecule has 3 nitrogen and oxygen atoms in total. The van der Waals surface area contributed by atoms with Gasteiger partial charge in [-0.25, -0.2) is 0 Å². The summed E-state index contributed by atoms with van der Waals surface area (Å²) in [4.78, 5) is 3.70. The Bertz CT molecular complexity index is 588. The third-order valence-electron chi connectivity index (χ3n) is 3.92. The van der Waals surface area contributed by atoms with E-state index < -0.39 is 0 Å². The molecule has 1 aliphatic rings. The van der Waals surface area contributed by atoms with Crippen molar-refractivity contribution in [2.45, 2.75) is 32.4 Å². The van der Waals surface area contributed by atoms with Gasteiger partial charge in [0.2, 0.25) is 0 Å². The van der Waals surface area contributed by atoms with Crippen molar-refractivity contribution in [2.24, 2.45) is 0 Å². The van der Waals surface area contributed by atoms with E-state index in [1.807, 2.05) is 0 Å². The minimum atomic E-state index is 0.246. The summed E-state index contributed by atoms with van der Waals surface area (Å²) in [5.74, 6) is 0. The molecule has 0 fully saturated rings. The van der Waals surface area contributed by atoms with E-state index in [1.54, 1.807) is 11.3 Å². The molecule has 1 aliphatic heterocycles. The predicted octanol–water partition coefficient (Wildman–Crippen LogP) is 3.63. The van der Waals surface area contributed by atoms with Crippen molar-refractivity contribution in [1.82, 2.24) is 14.8 Å². The first-order valence-corrected chi connectivity index (χ1v) is 8.83. The molecule has 0 radical (unpaired) electrons. The Kier molecular flexibility index (Phi) is 4.60. The van der Waals surface area contributed by atoms with Crippen molar-refractivity contribution in [3.8, 4) is 0 Å². The second kappa shape index (κ2) is 6.62. The Morgan fingerprint density at radius 3 is 3.05 bits per heavy atom. The van der Waals surface area contributed by atoms with Crippen molar-refractivity contribution in [3.05, 3.63) is 46.4 Å².